The van der Waals surface area contributed by atoms with Crippen molar-refractivity contribution in [3.8, 4) is 11.4 Å². The predicted molar refractivity (Wildman–Crippen MR) is 127 cm³/mol. The van der Waals surface area contributed by atoms with Gasteiger partial charge in [-0.25, -0.2) is 9.18 Å². The lowest BCUT2D eigenvalue weighted by Gasteiger charge is -2.11. The second-order valence-electron chi connectivity index (χ2n) is 6.89. The summed E-state index contributed by atoms with van der Waals surface area (Å²) in [6.07, 6.45) is 0. The molecule has 2 aromatic carbocycles. The van der Waals surface area contributed by atoms with E-state index in [2.05, 4.69) is 10.4 Å². The van der Waals surface area contributed by atoms with Crippen LogP contribution in [-0.2, 0) is 4.74 Å². The Hall–Kier alpha value is -3.76. The molecule has 1 N–H and O–H groups in total. The number of fused-ring (bicyclic) bond motifs is 1. The van der Waals surface area contributed by atoms with Crippen molar-refractivity contribution in [3.05, 3.63) is 80.3 Å². The molecule has 34 heavy (non-hydrogen) atoms. The van der Waals surface area contributed by atoms with Crippen LogP contribution in [0, 0.1) is 5.82 Å². The predicted octanol–water partition coefficient (Wildman–Crippen LogP) is 4.68. The Morgan fingerprint density at radius 1 is 1.24 bits per heavy atom. The van der Waals surface area contributed by atoms with Crippen LogP contribution < -0.4 is 15.6 Å². The Balaban J connectivity index is 1.91. The van der Waals surface area contributed by atoms with Gasteiger partial charge < -0.3 is 14.8 Å². The summed E-state index contributed by atoms with van der Waals surface area (Å²) in [6, 6.07) is 10.4. The van der Waals surface area contributed by atoms with Crippen molar-refractivity contribution >= 4 is 50.6 Å². The van der Waals surface area contributed by atoms with Gasteiger partial charge in [0.25, 0.3) is 11.5 Å². The Morgan fingerprint density at radius 3 is 2.71 bits per heavy atom. The van der Waals surface area contributed by atoms with Gasteiger partial charge in [-0.1, -0.05) is 23.7 Å². The molecule has 0 aliphatic heterocycles. The van der Waals surface area contributed by atoms with Gasteiger partial charge in [-0.2, -0.15) is 9.78 Å². The number of hydrogen-bond donors (Lipinski definition) is 1. The molecular weight excluding hydrogens is 485 g/mol. The third-order valence-corrected chi connectivity index (χ3v) is 6.05. The van der Waals surface area contributed by atoms with Crippen LogP contribution in [0.15, 0.2) is 52.6 Å². The molecule has 0 radical (unpaired) electrons. The monoisotopic (exact) mass is 501 g/mol. The summed E-state index contributed by atoms with van der Waals surface area (Å²) in [6.45, 7) is 1.74. The fourth-order valence-electron chi connectivity index (χ4n) is 3.29. The molecule has 0 atom stereocenters. The molecule has 2 heterocycles. The number of hydrogen-bond acceptors (Lipinski definition) is 7. The van der Waals surface area contributed by atoms with Gasteiger partial charge in [0.2, 0.25) is 0 Å². The molecule has 4 aromatic rings. The first-order valence-electron chi connectivity index (χ1n) is 9.97. The third-order valence-electron chi connectivity index (χ3n) is 4.84. The average molecular weight is 502 g/mol. The largest absolute Gasteiger partial charge is 0.497 e. The van der Waals surface area contributed by atoms with Gasteiger partial charge in [0.05, 0.1) is 35.4 Å². The first-order chi connectivity index (χ1) is 16.3. The van der Waals surface area contributed by atoms with Gasteiger partial charge in [-0.3, -0.25) is 9.59 Å². The van der Waals surface area contributed by atoms with Gasteiger partial charge in [-0.05, 0) is 31.2 Å². The summed E-state index contributed by atoms with van der Waals surface area (Å²) in [5, 5.41) is 8.52. The highest BCUT2D eigenvalue weighted by atomic mass is 35.5. The second-order valence-corrected chi connectivity index (χ2v) is 8.18. The van der Waals surface area contributed by atoms with E-state index in [9.17, 15) is 18.8 Å². The lowest BCUT2D eigenvalue weighted by molar-refractivity contribution is 0.0520. The Labute approximate surface area is 201 Å². The number of anilines is 1. The number of methoxy groups -OCH3 is 1. The van der Waals surface area contributed by atoms with Crippen molar-refractivity contribution in [3.63, 3.8) is 0 Å². The molecule has 0 saturated carbocycles. The van der Waals surface area contributed by atoms with Crippen molar-refractivity contribution < 1.29 is 23.5 Å². The van der Waals surface area contributed by atoms with Crippen molar-refractivity contribution in [2.45, 2.75) is 6.92 Å². The van der Waals surface area contributed by atoms with Crippen LogP contribution >= 0.6 is 22.9 Å². The first-order valence-corrected chi connectivity index (χ1v) is 11.2. The topological polar surface area (TPSA) is 99.5 Å². The fourth-order valence-corrected chi connectivity index (χ4v) is 4.47. The summed E-state index contributed by atoms with van der Waals surface area (Å²) in [5.74, 6) is -1.92. The van der Waals surface area contributed by atoms with Gasteiger partial charge in [0, 0.05) is 16.8 Å². The highest BCUT2D eigenvalue weighted by Gasteiger charge is 2.24. The minimum Gasteiger partial charge on any atom is -0.497 e. The minimum absolute atomic E-state index is 0.0201. The van der Waals surface area contributed by atoms with Crippen LogP contribution in [0.1, 0.15) is 27.8 Å². The van der Waals surface area contributed by atoms with Crippen LogP contribution in [0.2, 0.25) is 5.02 Å². The molecule has 0 bridgehead atoms. The van der Waals surface area contributed by atoms with Crippen LogP contribution in [0.5, 0.6) is 5.75 Å². The third kappa shape index (κ3) is 4.25. The number of nitrogens with zero attached hydrogens (tertiary/aromatic N) is 2. The molecule has 0 fully saturated rings. The number of carbonyl (C=O) groups is 2. The fraction of sp³-hybridized carbons (Fsp3) is 0.130. The smallest absolute Gasteiger partial charge is 0.359 e. The van der Waals surface area contributed by atoms with Crippen LogP contribution in [-0.4, -0.2) is 35.4 Å². The van der Waals surface area contributed by atoms with E-state index in [1.54, 1.807) is 31.2 Å². The quantitative estimate of drug-likeness (QED) is 0.385. The van der Waals surface area contributed by atoms with Crippen molar-refractivity contribution in [1.82, 2.24) is 9.78 Å². The minimum atomic E-state index is -0.839. The second kappa shape index (κ2) is 9.62. The maximum absolute atomic E-state index is 14.2. The molecule has 174 valence electrons. The number of benzene rings is 2. The number of amides is 1. The highest BCUT2D eigenvalue weighted by molar-refractivity contribution is 7.16. The van der Waals surface area contributed by atoms with E-state index in [1.807, 2.05) is 0 Å². The van der Waals surface area contributed by atoms with Crippen molar-refractivity contribution in [2.24, 2.45) is 0 Å². The van der Waals surface area contributed by atoms with E-state index < -0.39 is 23.3 Å². The molecule has 0 aliphatic rings. The van der Waals surface area contributed by atoms with Gasteiger partial charge in [-0.15, -0.1) is 11.3 Å². The Morgan fingerprint density at radius 2 is 2.00 bits per heavy atom. The summed E-state index contributed by atoms with van der Waals surface area (Å²) < 4.78 is 25.6. The molecule has 0 aliphatic carbocycles. The Kier molecular flexibility index (Phi) is 6.62. The molecule has 0 saturated heterocycles. The molecule has 0 spiro atoms. The van der Waals surface area contributed by atoms with E-state index in [0.717, 1.165) is 22.1 Å². The van der Waals surface area contributed by atoms with E-state index in [0.29, 0.717) is 11.4 Å². The lowest BCUT2D eigenvalue weighted by Crippen LogP contribution is -2.25. The SMILES string of the molecule is CCOC(=O)c1nn(-c2cccc(OC)c2)c(=O)c2c(NC(=O)c3c(F)cccc3Cl)scc12. The van der Waals surface area contributed by atoms with E-state index in [1.165, 1.54) is 24.6 Å². The van der Waals surface area contributed by atoms with Crippen LogP contribution in [0.25, 0.3) is 16.5 Å². The van der Waals surface area contributed by atoms with Crippen LogP contribution in [0.4, 0.5) is 9.39 Å². The van der Waals surface area contributed by atoms with Crippen molar-refractivity contribution in [1.29, 1.82) is 0 Å². The number of carbonyl (C=O) groups excluding carboxylic acids is 2. The molecule has 2 aromatic heterocycles. The van der Waals surface area contributed by atoms with Crippen LogP contribution in [0.3, 0.4) is 0 Å². The number of esters is 1. The number of thiophene rings is 1. The number of ether oxygens (including phenoxy) is 2. The van der Waals surface area contributed by atoms with Gasteiger partial charge in [0.1, 0.15) is 16.6 Å². The normalized spacial score (nSPS) is 10.8. The zero-order valence-corrected chi connectivity index (χ0v) is 19.5. The highest BCUT2D eigenvalue weighted by Crippen LogP contribution is 2.32. The van der Waals surface area contributed by atoms with E-state index in [-0.39, 0.29) is 38.7 Å². The maximum Gasteiger partial charge on any atom is 0.359 e. The molecule has 4 rings (SSSR count). The zero-order valence-electron chi connectivity index (χ0n) is 17.9. The Bertz CT molecular complexity index is 1460. The molecule has 1 amide bonds. The average Bonchev–Trinajstić information content (AvgIpc) is 3.23. The molecular formula is C23H17ClFN3O5S. The zero-order chi connectivity index (χ0) is 24.4. The lowest BCUT2D eigenvalue weighted by atomic mass is 10.2. The maximum atomic E-state index is 14.2. The van der Waals surface area contributed by atoms with E-state index >= 15 is 0 Å². The number of nitrogens with one attached hydrogen (secondary N) is 1. The summed E-state index contributed by atoms with van der Waals surface area (Å²) >= 11 is 6.99. The molecule has 8 nitrogen and oxygen atoms in total. The summed E-state index contributed by atoms with van der Waals surface area (Å²) in [7, 11) is 1.48. The molecule has 0 unspecified atom stereocenters. The van der Waals surface area contributed by atoms with Gasteiger partial charge >= 0.3 is 5.97 Å². The molecule has 11 heteroatoms. The number of halogens is 2. The van der Waals surface area contributed by atoms with Crippen molar-refractivity contribution in [2.75, 3.05) is 19.0 Å². The number of rotatable bonds is 6. The summed E-state index contributed by atoms with van der Waals surface area (Å²) in [5.41, 5.74) is -0.747. The van der Waals surface area contributed by atoms with Gasteiger partial charge in [0.15, 0.2) is 5.69 Å². The first kappa shape index (κ1) is 23.4. The number of aromatic nitrogens is 2. The summed E-state index contributed by atoms with van der Waals surface area (Å²) in [4.78, 5) is 38.9. The standard InChI is InChI=1S/C23H17ClFN3O5S/c1-3-33-23(31)19-14-11-34-21(26-20(29)18-15(24)8-5-9-16(18)25)17(14)22(30)28(27-19)12-6-4-7-13(10-12)32-2/h4-11H,3H2,1-2H3,(H,26,29). The van der Waals surface area contributed by atoms with E-state index in [4.69, 9.17) is 21.1 Å².